The first-order chi connectivity index (χ1) is 10.2. The smallest absolute Gasteiger partial charge is 0.179 e. The molecule has 0 spiro atoms. The first-order valence-corrected chi connectivity index (χ1v) is 7.71. The Labute approximate surface area is 129 Å². The highest BCUT2D eigenvalue weighted by atomic mass is 35.5. The monoisotopic (exact) mass is 312 g/mol. The van der Waals surface area contributed by atoms with E-state index in [4.69, 9.17) is 31.5 Å². The summed E-state index contributed by atoms with van der Waals surface area (Å²) < 4.78 is 16.7. The van der Waals surface area contributed by atoms with Gasteiger partial charge in [0.05, 0.1) is 18.2 Å². The summed E-state index contributed by atoms with van der Waals surface area (Å²) in [5.74, 6) is 1.35. The molecule has 2 atom stereocenters. The van der Waals surface area contributed by atoms with E-state index in [1.54, 1.807) is 0 Å². The summed E-state index contributed by atoms with van der Waals surface area (Å²) in [6.07, 6.45) is 0. The van der Waals surface area contributed by atoms with Crippen LogP contribution in [0.1, 0.15) is 18.5 Å². The van der Waals surface area contributed by atoms with Gasteiger partial charge in [0, 0.05) is 25.2 Å². The van der Waals surface area contributed by atoms with Crippen molar-refractivity contribution in [2.45, 2.75) is 19.0 Å². The van der Waals surface area contributed by atoms with E-state index in [-0.39, 0.29) is 6.04 Å². The SMILES string of the molecule is CC1COCCN1C(CN)c1cc(Cl)c2c(c1)OCCO2. The van der Waals surface area contributed by atoms with Crippen LogP contribution < -0.4 is 15.2 Å². The molecule has 2 aliphatic rings. The van der Waals surface area contributed by atoms with Crippen LogP contribution in [0.25, 0.3) is 0 Å². The van der Waals surface area contributed by atoms with E-state index >= 15 is 0 Å². The molecule has 2 heterocycles. The highest BCUT2D eigenvalue weighted by Gasteiger charge is 2.28. The van der Waals surface area contributed by atoms with Crippen LogP contribution in [-0.4, -0.2) is 50.5 Å². The Balaban J connectivity index is 1.91. The van der Waals surface area contributed by atoms with Gasteiger partial charge in [-0.2, -0.15) is 0 Å². The zero-order valence-electron chi connectivity index (χ0n) is 12.2. The zero-order valence-corrected chi connectivity index (χ0v) is 12.9. The molecule has 0 amide bonds. The number of morpholine rings is 1. The number of fused-ring (bicyclic) bond motifs is 1. The Morgan fingerprint density at radius 2 is 2.14 bits per heavy atom. The van der Waals surface area contributed by atoms with Crippen LogP contribution in [0, 0.1) is 0 Å². The lowest BCUT2D eigenvalue weighted by Crippen LogP contribution is -2.47. The molecule has 2 N–H and O–H groups in total. The third-order valence-corrected chi connectivity index (χ3v) is 4.33. The molecule has 1 fully saturated rings. The van der Waals surface area contributed by atoms with Crippen molar-refractivity contribution in [3.8, 4) is 11.5 Å². The quantitative estimate of drug-likeness (QED) is 0.923. The first-order valence-electron chi connectivity index (χ1n) is 7.33. The van der Waals surface area contributed by atoms with Gasteiger partial charge >= 0.3 is 0 Å². The molecule has 0 saturated carbocycles. The molecule has 0 radical (unpaired) electrons. The van der Waals surface area contributed by atoms with Gasteiger partial charge in [0.25, 0.3) is 0 Å². The highest BCUT2D eigenvalue weighted by Crippen LogP contribution is 2.40. The average Bonchev–Trinajstić information content (AvgIpc) is 2.50. The fraction of sp³-hybridized carbons (Fsp3) is 0.600. The molecule has 0 bridgehead atoms. The number of nitrogens with zero attached hydrogens (tertiary/aromatic N) is 1. The maximum Gasteiger partial charge on any atom is 0.179 e. The van der Waals surface area contributed by atoms with Gasteiger partial charge in [0.1, 0.15) is 13.2 Å². The van der Waals surface area contributed by atoms with Gasteiger partial charge in [-0.15, -0.1) is 0 Å². The second-order valence-corrected chi connectivity index (χ2v) is 5.85. The van der Waals surface area contributed by atoms with E-state index in [2.05, 4.69) is 11.8 Å². The molecule has 5 nitrogen and oxygen atoms in total. The Morgan fingerprint density at radius 3 is 2.90 bits per heavy atom. The van der Waals surface area contributed by atoms with E-state index in [0.29, 0.717) is 42.3 Å². The van der Waals surface area contributed by atoms with E-state index in [0.717, 1.165) is 25.3 Å². The Kier molecular flexibility index (Phi) is 4.54. The van der Waals surface area contributed by atoms with Crippen molar-refractivity contribution < 1.29 is 14.2 Å². The summed E-state index contributed by atoms with van der Waals surface area (Å²) in [6.45, 7) is 6.10. The van der Waals surface area contributed by atoms with Crippen molar-refractivity contribution in [3.05, 3.63) is 22.7 Å². The fourth-order valence-electron chi connectivity index (χ4n) is 2.99. The number of benzene rings is 1. The summed E-state index contributed by atoms with van der Waals surface area (Å²) in [6, 6.07) is 4.38. The maximum absolute atomic E-state index is 6.33. The molecule has 116 valence electrons. The van der Waals surface area contributed by atoms with Crippen LogP contribution in [0.15, 0.2) is 12.1 Å². The molecule has 1 aromatic carbocycles. The van der Waals surface area contributed by atoms with Crippen molar-refractivity contribution in [2.75, 3.05) is 39.5 Å². The van der Waals surface area contributed by atoms with Gasteiger partial charge in [0.2, 0.25) is 0 Å². The standard InChI is InChI=1S/C15H21ClN2O3/c1-10-9-19-3-2-18(10)13(8-17)11-6-12(16)15-14(7-11)20-4-5-21-15/h6-7,10,13H,2-5,8-9,17H2,1H3. The van der Waals surface area contributed by atoms with E-state index in [9.17, 15) is 0 Å². The third-order valence-electron chi connectivity index (χ3n) is 4.05. The van der Waals surface area contributed by atoms with Gasteiger partial charge in [-0.05, 0) is 24.6 Å². The van der Waals surface area contributed by atoms with Crippen LogP contribution in [0.2, 0.25) is 5.02 Å². The summed E-state index contributed by atoms with van der Waals surface area (Å²) in [5.41, 5.74) is 7.10. The Hall–Kier alpha value is -1.01. The van der Waals surface area contributed by atoms with Crippen molar-refractivity contribution >= 4 is 11.6 Å². The van der Waals surface area contributed by atoms with Crippen LogP contribution in [0.5, 0.6) is 11.5 Å². The number of hydrogen-bond acceptors (Lipinski definition) is 5. The Bertz CT molecular complexity index is 512. The van der Waals surface area contributed by atoms with Crippen molar-refractivity contribution in [3.63, 3.8) is 0 Å². The predicted molar refractivity (Wildman–Crippen MR) is 81.2 cm³/mol. The summed E-state index contributed by atoms with van der Waals surface area (Å²) >= 11 is 6.33. The number of hydrogen-bond donors (Lipinski definition) is 1. The molecule has 21 heavy (non-hydrogen) atoms. The van der Waals surface area contributed by atoms with E-state index < -0.39 is 0 Å². The van der Waals surface area contributed by atoms with Crippen LogP contribution in [0.4, 0.5) is 0 Å². The highest BCUT2D eigenvalue weighted by molar-refractivity contribution is 6.32. The normalized spacial score (nSPS) is 23.9. The van der Waals surface area contributed by atoms with Crippen molar-refractivity contribution in [1.82, 2.24) is 4.90 Å². The van der Waals surface area contributed by atoms with E-state index in [1.807, 2.05) is 12.1 Å². The van der Waals surface area contributed by atoms with Crippen LogP contribution >= 0.6 is 11.6 Å². The first kappa shape index (κ1) is 14.9. The van der Waals surface area contributed by atoms with Gasteiger partial charge in [-0.3, -0.25) is 4.90 Å². The number of rotatable bonds is 3. The second kappa shape index (κ2) is 6.40. The number of ether oxygens (including phenoxy) is 3. The molecule has 0 aliphatic carbocycles. The molecule has 2 aliphatic heterocycles. The molecular weight excluding hydrogens is 292 g/mol. The largest absolute Gasteiger partial charge is 0.486 e. The average molecular weight is 313 g/mol. The lowest BCUT2D eigenvalue weighted by molar-refractivity contribution is -0.0210. The summed E-state index contributed by atoms with van der Waals surface area (Å²) in [5, 5.41) is 0.585. The van der Waals surface area contributed by atoms with Gasteiger partial charge < -0.3 is 19.9 Å². The van der Waals surface area contributed by atoms with Crippen LogP contribution in [0.3, 0.4) is 0 Å². The predicted octanol–water partition coefficient (Wildman–Crippen LogP) is 1.83. The maximum atomic E-state index is 6.33. The zero-order chi connectivity index (χ0) is 14.8. The van der Waals surface area contributed by atoms with Gasteiger partial charge in [-0.1, -0.05) is 11.6 Å². The molecule has 2 unspecified atom stereocenters. The molecule has 1 saturated heterocycles. The van der Waals surface area contributed by atoms with Crippen molar-refractivity contribution in [2.24, 2.45) is 5.73 Å². The Morgan fingerprint density at radius 1 is 1.33 bits per heavy atom. The molecular formula is C15H21ClN2O3. The van der Waals surface area contributed by atoms with Crippen LogP contribution in [-0.2, 0) is 4.74 Å². The number of nitrogens with two attached hydrogens (primary N) is 1. The summed E-state index contributed by atoms with van der Waals surface area (Å²) in [4.78, 5) is 2.37. The van der Waals surface area contributed by atoms with Crippen molar-refractivity contribution in [1.29, 1.82) is 0 Å². The van der Waals surface area contributed by atoms with Gasteiger partial charge in [-0.25, -0.2) is 0 Å². The second-order valence-electron chi connectivity index (χ2n) is 5.44. The minimum atomic E-state index is 0.109. The van der Waals surface area contributed by atoms with Gasteiger partial charge in [0.15, 0.2) is 11.5 Å². The molecule has 6 heteroatoms. The lowest BCUT2D eigenvalue weighted by atomic mass is 10.0. The minimum absolute atomic E-state index is 0.109. The molecule has 0 aromatic heterocycles. The fourth-order valence-corrected chi connectivity index (χ4v) is 3.26. The topological polar surface area (TPSA) is 57.0 Å². The number of halogens is 1. The summed E-state index contributed by atoms with van der Waals surface area (Å²) in [7, 11) is 0. The van der Waals surface area contributed by atoms with E-state index in [1.165, 1.54) is 0 Å². The lowest BCUT2D eigenvalue weighted by Gasteiger charge is -2.39. The molecule has 3 rings (SSSR count). The minimum Gasteiger partial charge on any atom is -0.486 e. The molecule has 1 aromatic rings. The third kappa shape index (κ3) is 2.97.